The lowest BCUT2D eigenvalue weighted by Crippen LogP contribution is -1.88. The van der Waals surface area contributed by atoms with Crippen molar-refractivity contribution in [2.24, 2.45) is 0 Å². The highest BCUT2D eigenvalue weighted by Gasteiger charge is 2.02. The van der Waals surface area contributed by atoms with Gasteiger partial charge in [-0.15, -0.1) is 0 Å². The van der Waals surface area contributed by atoms with Gasteiger partial charge < -0.3 is 4.74 Å². The molecule has 0 N–H and O–H groups in total. The minimum atomic E-state index is 0.917. The SMILES string of the molecule is COc1ccc(C2=CC=CCC2)cc1. The van der Waals surface area contributed by atoms with Gasteiger partial charge in [0.2, 0.25) is 0 Å². The Labute approximate surface area is 84.7 Å². The molecule has 1 aromatic rings. The van der Waals surface area contributed by atoms with Gasteiger partial charge in [-0.3, -0.25) is 0 Å². The first-order valence-electron chi connectivity index (χ1n) is 4.90. The zero-order chi connectivity index (χ0) is 9.80. The predicted octanol–water partition coefficient (Wildman–Crippen LogP) is 3.43. The molecule has 0 heterocycles. The Morgan fingerprint density at radius 3 is 2.50 bits per heavy atom. The maximum absolute atomic E-state index is 5.12. The summed E-state index contributed by atoms with van der Waals surface area (Å²) < 4.78 is 5.12. The van der Waals surface area contributed by atoms with E-state index in [2.05, 4.69) is 30.4 Å². The number of ether oxygens (including phenoxy) is 1. The minimum absolute atomic E-state index is 0.917. The van der Waals surface area contributed by atoms with Crippen LogP contribution in [0.4, 0.5) is 0 Å². The lowest BCUT2D eigenvalue weighted by Gasteiger charge is -2.09. The van der Waals surface area contributed by atoms with Gasteiger partial charge in [0.25, 0.3) is 0 Å². The lowest BCUT2D eigenvalue weighted by molar-refractivity contribution is 0.415. The third kappa shape index (κ3) is 1.87. The number of allylic oxidation sites excluding steroid dienone is 4. The van der Waals surface area contributed by atoms with Crippen molar-refractivity contribution in [1.29, 1.82) is 0 Å². The molecule has 0 unspecified atom stereocenters. The van der Waals surface area contributed by atoms with Crippen LogP contribution in [-0.4, -0.2) is 7.11 Å². The Hall–Kier alpha value is -1.50. The van der Waals surface area contributed by atoms with Crippen LogP contribution in [0.2, 0.25) is 0 Å². The Balaban J connectivity index is 2.24. The van der Waals surface area contributed by atoms with Crippen LogP contribution >= 0.6 is 0 Å². The maximum Gasteiger partial charge on any atom is 0.118 e. The molecular formula is C13H14O. The molecule has 0 aromatic heterocycles. The van der Waals surface area contributed by atoms with Crippen LogP contribution in [0.5, 0.6) is 5.75 Å². The first-order chi connectivity index (χ1) is 6.90. The van der Waals surface area contributed by atoms with E-state index in [0.29, 0.717) is 0 Å². The quantitative estimate of drug-likeness (QED) is 0.687. The highest BCUT2D eigenvalue weighted by molar-refractivity contribution is 5.68. The van der Waals surface area contributed by atoms with Crippen LogP contribution < -0.4 is 4.74 Å². The van der Waals surface area contributed by atoms with Gasteiger partial charge in [0.1, 0.15) is 5.75 Å². The molecular weight excluding hydrogens is 172 g/mol. The van der Waals surface area contributed by atoms with E-state index in [0.717, 1.165) is 18.6 Å². The Kier molecular flexibility index (Phi) is 2.68. The largest absolute Gasteiger partial charge is 0.497 e. The Morgan fingerprint density at radius 1 is 1.14 bits per heavy atom. The average molecular weight is 186 g/mol. The molecule has 0 amide bonds. The average Bonchev–Trinajstić information content (AvgIpc) is 2.30. The van der Waals surface area contributed by atoms with E-state index in [1.54, 1.807) is 7.11 Å². The van der Waals surface area contributed by atoms with Crippen LogP contribution in [0, 0.1) is 0 Å². The van der Waals surface area contributed by atoms with E-state index in [-0.39, 0.29) is 0 Å². The normalized spacial score (nSPS) is 15.1. The molecule has 0 radical (unpaired) electrons. The van der Waals surface area contributed by atoms with E-state index in [4.69, 9.17) is 4.74 Å². The van der Waals surface area contributed by atoms with Crippen molar-refractivity contribution in [3.05, 3.63) is 48.1 Å². The fraction of sp³-hybridized carbons (Fsp3) is 0.231. The Morgan fingerprint density at radius 2 is 1.93 bits per heavy atom. The van der Waals surface area contributed by atoms with Gasteiger partial charge in [-0.25, -0.2) is 0 Å². The van der Waals surface area contributed by atoms with Crippen molar-refractivity contribution in [3.8, 4) is 5.75 Å². The molecule has 2 rings (SSSR count). The highest BCUT2D eigenvalue weighted by Crippen LogP contribution is 2.24. The summed E-state index contributed by atoms with van der Waals surface area (Å²) in [7, 11) is 1.69. The summed E-state index contributed by atoms with van der Waals surface area (Å²) >= 11 is 0. The third-order valence-electron chi connectivity index (χ3n) is 2.47. The van der Waals surface area contributed by atoms with Gasteiger partial charge in [0.05, 0.1) is 7.11 Å². The molecule has 1 nitrogen and oxygen atoms in total. The van der Waals surface area contributed by atoms with Gasteiger partial charge in [-0.05, 0) is 36.1 Å². The number of methoxy groups -OCH3 is 1. The van der Waals surface area contributed by atoms with E-state index in [9.17, 15) is 0 Å². The van der Waals surface area contributed by atoms with Crippen molar-refractivity contribution in [2.75, 3.05) is 7.11 Å². The van der Waals surface area contributed by atoms with Crippen molar-refractivity contribution < 1.29 is 4.74 Å². The molecule has 0 fully saturated rings. The molecule has 0 aliphatic heterocycles. The first kappa shape index (κ1) is 9.07. The van der Waals surface area contributed by atoms with Crippen LogP contribution in [-0.2, 0) is 0 Å². The first-order valence-corrected chi connectivity index (χ1v) is 4.90. The molecule has 14 heavy (non-hydrogen) atoms. The van der Waals surface area contributed by atoms with Crippen molar-refractivity contribution in [1.82, 2.24) is 0 Å². The van der Waals surface area contributed by atoms with Crippen molar-refractivity contribution in [3.63, 3.8) is 0 Å². The smallest absolute Gasteiger partial charge is 0.118 e. The van der Waals surface area contributed by atoms with Crippen molar-refractivity contribution in [2.45, 2.75) is 12.8 Å². The van der Waals surface area contributed by atoms with Gasteiger partial charge in [0.15, 0.2) is 0 Å². The lowest BCUT2D eigenvalue weighted by atomic mass is 9.97. The third-order valence-corrected chi connectivity index (χ3v) is 2.47. The van der Waals surface area contributed by atoms with Gasteiger partial charge >= 0.3 is 0 Å². The molecule has 0 saturated heterocycles. The minimum Gasteiger partial charge on any atom is -0.497 e. The van der Waals surface area contributed by atoms with Gasteiger partial charge in [-0.1, -0.05) is 30.4 Å². The summed E-state index contributed by atoms with van der Waals surface area (Å²) in [5.41, 5.74) is 2.71. The van der Waals surface area contributed by atoms with Gasteiger partial charge in [0, 0.05) is 0 Å². The second-order valence-electron chi connectivity index (χ2n) is 3.39. The monoisotopic (exact) mass is 186 g/mol. The van der Waals surface area contributed by atoms with Crippen molar-refractivity contribution >= 4 is 5.57 Å². The molecule has 0 atom stereocenters. The number of hydrogen-bond donors (Lipinski definition) is 0. The number of rotatable bonds is 2. The molecule has 0 saturated carbocycles. The summed E-state index contributed by atoms with van der Waals surface area (Å²) in [6, 6.07) is 8.25. The van der Waals surface area contributed by atoms with E-state index < -0.39 is 0 Å². The molecule has 72 valence electrons. The van der Waals surface area contributed by atoms with Crippen LogP contribution in [0.25, 0.3) is 5.57 Å². The second kappa shape index (κ2) is 4.14. The number of benzene rings is 1. The maximum atomic E-state index is 5.12. The molecule has 1 aliphatic rings. The van der Waals surface area contributed by atoms with E-state index in [1.165, 1.54) is 11.1 Å². The second-order valence-corrected chi connectivity index (χ2v) is 3.39. The summed E-state index contributed by atoms with van der Waals surface area (Å²) in [4.78, 5) is 0. The summed E-state index contributed by atoms with van der Waals surface area (Å²) in [5, 5.41) is 0. The standard InChI is InChI=1S/C13H14O/c1-14-13-9-7-12(8-10-13)11-5-3-2-4-6-11/h2-3,5,7-10H,4,6H2,1H3. The van der Waals surface area contributed by atoms with Crippen LogP contribution in [0.15, 0.2) is 42.5 Å². The highest BCUT2D eigenvalue weighted by atomic mass is 16.5. The van der Waals surface area contributed by atoms with Crippen LogP contribution in [0.3, 0.4) is 0 Å². The van der Waals surface area contributed by atoms with Crippen LogP contribution in [0.1, 0.15) is 18.4 Å². The van der Waals surface area contributed by atoms with E-state index in [1.807, 2.05) is 12.1 Å². The molecule has 1 heteroatoms. The zero-order valence-corrected chi connectivity index (χ0v) is 8.36. The topological polar surface area (TPSA) is 9.23 Å². The van der Waals surface area contributed by atoms with E-state index >= 15 is 0 Å². The zero-order valence-electron chi connectivity index (χ0n) is 8.36. The molecule has 0 spiro atoms. The van der Waals surface area contributed by atoms with Gasteiger partial charge in [-0.2, -0.15) is 0 Å². The number of hydrogen-bond acceptors (Lipinski definition) is 1. The molecule has 1 aromatic carbocycles. The summed E-state index contributed by atoms with van der Waals surface area (Å²) in [6.07, 6.45) is 8.81. The predicted molar refractivity (Wildman–Crippen MR) is 59.3 cm³/mol. The molecule has 0 bridgehead atoms. The Bertz CT molecular complexity index is 357. The molecule has 1 aliphatic carbocycles. The summed E-state index contributed by atoms with van der Waals surface area (Å²) in [6.45, 7) is 0. The fourth-order valence-electron chi connectivity index (χ4n) is 1.65. The fourth-order valence-corrected chi connectivity index (χ4v) is 1.65. The summed E-state index contributed by atoms with van der Waals surface area (Å²) in [5.74, 6) is 0.917.